The molecule has 0 spiro atoms. The first-order valence-corrected chi connectivity index (χ1v) is 8.12. The monoisotopic (exact) mass is 280 g/mol. The first-order chi connectivity index (χ1) is 8.65. The van der Waals surface area contributed by atoms with Crippen molar-refractivity contribution in [1.82, 2.24) is 0 Å². The Bertz CT molecular complexity index is 207. The lowest BCUT2D eigenvalue weighted by molar-refractivity contribution is -0.141. The second-order valence-electron chi connectivity index (χ2n) is 3.77. The van der Waals surface area contributed by atoms with E-state index < -0.39 is 15.3 Å². The molecule has 108 valence electrons. The van der Waals surface area contributed by atoms with Crippen molar-refractivity contribution < 1.29 is 27.2 Å². The Morgan fingerprint density at radius 1 is 1.11 bits per heavy atom. The van der Waals surface area contributed by atoms with Gasteiger partial charge in [0, 0.05) is 19.8 Å². The van der Waals surface area contributed by atoms with E-state index in [-0.39, 0.29) is 6.10 Å². The number of hydrogen-bond donors (Lipinski definition) is 0. The molecule has 0 amide bonds. The maximum absolute atomic E-state index is 5.73. The summed E-state index contributed by atoms with van der Waals surface area (Å²) < 4.78 is 33.0. The fourth-order valence-electron chi connectivity index (χ4n) is 1.40. The topological polar surface area (TPSA) is 58.7 Å². The highest BCUT2D eigenvalue weighted by atomic mass is 28.4. The van der Waals surface area contributed by atoms with E-state index in [1.165, 1.54) is 0 Å². The number of ether oxygens (including phenoxy) is 2. The van der Waals surface area contributed by atoms with E-state index in [0.29, 0.717) is 26.4 Å². The molecule has 6 nitrogen and oxygen atoms in total. The summed E-state index contributed by atoms with van der Waals surface area (Å²) in [6, 6.07) is 0. The molecule has 2 atom stereocenters. The minimum absolute atomic E-state index is 0.207. The smallest absolute Gasteiger partial charge is 0.371 e. The van der Waals surface area contributed by atoms with E-state index in [1.54, 1.807) is 6.92 Å². The number of epoxide rings is 1. The summed E-state index contributed by atoms with van der Waals surface area (Å²) in [5.74, 6) is 0. The molecule has 0 aromatic heterocycles. The molecule has 0 aliphatic carbocycles. The van der Waals surface area contributed by atoms with Crippen LogP contribution in [0.1, 0.15) is 27.7 Å². The summed E-state index contributed by atoms with van der Waals surface area (Å²) in [5, 5.41) is 0. The third kappa shape index (κ3) is 5.74. The fourth-order valence-corrected chi connectivity index (χ4v) is 3.39. The second kappa shape index (κ2) is 8.21. The van der Waals surface area contributed by atoms with Gasteiger partial charge in [0.05, 0.1) is 13.2 Å². The summed E-state index contributed by atoms with van der Waals surface area (Å²) in [5.41, 5.74) is 0. The summed E-state index contributed by atoms with van der Waals surface area (Å²) in [7, 11) is -3.08. The lowest BCUT2D eigenvalue weighted by atomic mass is 10.5. The maximum atomic E-state index is 5.73. The van der Waals surface area contributed by atoms with Crippen LogP contribution in [0.15, 0.2) is 0 Å². The zero-order chi connectivity index (χ0) is 13.4. The van der Waals surface area contributed by atoms with Crippen LogP contribution in [0.25, 0.3) is 0 Å². The van der Waals surface area contributed by atoms with Crippen LogP contribution in [-0.2, 0) is 27.2 Å². The van der Waals surface area contributed by atoms with Crippen molar-refractivity contribution in [3.05, 3.63) is 0 Å². The van der Waals surface area contributed by atoms with Crippen molar-refractivity contribution in [3.8, 4) is 0 Å². The highest BCUT2D eigenvalue weighted by Gasteiger charge is 2.46. The largest absolute Gasteiger partial charge is 0.681 e. The van der Waals surface area contributed by atoms with E-state index in [9.17, 15) is 0 Å². The maximum Gasteiger partial charge on any atom is 0.681 e. The molecule has 18 heavy (non-hydrogen) atoms. The van der Waals surface area contributed by atoms with Crippen molar-refractivity contribution in [2.24, 2.45) is 0 Å². The lowest BCUT2D eigenvalue weighted by Gasteiger charge is -2.29. The van der Waals surface area contributed by atoms with Gasteiger partial charge in [0.2, 0.25) is 0 Å². The van der Waals surface area contributed by atoms with E-state index in [1.807, 2.05) is 20.8 Å². The Balaban J connectivity index is 2.44. The average molecular weight is 280 g/mol. The molecule has 1 fully saturated rings. The van der Waals surface area contributed by atoms with E-state index in [4.69, 9.17) is 27.2 Å². The zero-order valence-corrected chi connectivity index (χ0v) is 12.6. The number of rotatable bonds is 11. The molecule has 2 unspecified atom stereocenters. The Morgan fingerprint density at radius 3 is 2.00 bits per heavy atom. The van der Waals surface area contributed by atoms with Gasteiger partial charge in [-0.15, -0.1) is 0 Å². The molecule has 1 aliphatic heterocycles. The van der Waals surface area contributed by atoms with Crippen LogP contribution in [0.2, 0.25) is 0 Å². The molecule has 7 heteroatoms. The predicted molar refractivity (Wildman–Crippen MR) is 66.9 cm³/mol. The molecular weight excluding hydrogens is 256 g/mol. The van der Waals surface area contributed by atoms with Gasteiger partial charge < -0.3 is 27.2 Å². The molecular formula is C11H24O6Si. The van der Waals surface area contributed by atoms with Crippen molar-refractivity contribution in [2.75, 3.05) is 33.0 Å². The van der Waals surface area contributed by atoms with Gasteiger partial charge in [-0.05, 0) is 27.7 Å². The SMILES string of the molecule is CCO[Si](OCC)(OCC)OC(C)OCC1CO1. The summed E-state index contributed by atoms with van der Waals surface area (Å²) in [6.45, 7) is 10.2. The third-order valence-corrected chi connectivity index (χ3v) is 4.74. The van der Waals surface area contributed by atoms with Gasteiger partial charge in [-0.3, -0.25) is 0 Å². The van der Waals surface area contributed by atoms with Crippen LogP contribution in [0.4, 0.5) is 0 Å². The fraction of sp³-hybridized carbons (Fsp3) is 1.00. The molecule has 0 saturated carbocycles. The van der Waals surface area contributed by atoms with Crippen LogP contribution in [-0.4, -0.2) is 54.5 Å². The molecule has 1 aliphatic rings. The highest BCUT2D eigenvalue weighted by molar-refractivity contribution is 6.53. The van der Waals surface area contributed by atoms with E-state index >= 15 is 0 Å². The van der Waals surface area contributed by atoms with Crippen LogP contribution in [0.3, 0.4) is 0 Å². The minimum Gasteiger partial charge on any atom is -0.371 e. The van der Waals surface area contributed by atoms with Crippen LogP contribution < -0.4 is 0 Å². The minimum atomic E-state index is -3.08. The molecule has 1 heterocycles. The van der Waals surface area contributed by atoms with Crippen LogP contribution in [0.5, 0.6) is 0 Å². The summed E-state index contributed by atoms with van der Waals surface area (Å²) in [6.07, 6.45) is -0.232. The van der Waals surface area contributed by atoms with Gasteiger partial charge >= 0.3 is 9.05 Å². The van der Waals surface area contributed by atoms with E-state index in [2.05, 4.69) is 0 Å². The highest BCUT2D eigenvalue weighted by Crippen LogP contribution is 2.17. The molecule has 1 rings (SSSR count). The number of hydrogen-bond acceptors (Lipinski definition) is 6. The molecule has 0 aromatic rings. The first kappa shape index (κ1) is 16.0. The van der Waals surface area contributed by atoms with Gasteiger partial charge in [0.15, 0.2) is 6.29 Å². The molecule has 0 radical (unpaired) electrons. The van der Waals surface area contributed by atoms with Crippen molar-refractivity contribution >= 4 is 9.05 Å². The Kier molecular flexibility index (Phi) is 7.31. The summed E-state index contributed by atoms with van der Waals surface area (Å²) in [4.78, 5) is 0. The Labute approximate surface area is 110 Å². The standard InChI is InChI=1S/C11H24O6Si/c1-5-14-18(15-6-2,16-7-3)17-10(4)12-8-11-9-13-11/h10-11H,5-9H2,1-4H3. The van der Waals surface area contributed by atoms with Crippen LogP contribution >= 0.6 is 0 Å². The lowest BCUT2D eigenvalue weighted by Crippen LogP contribution is -2.51. The van der Waals surface area contributed by atoms with Gasteiger partial charge in [-0.2, -0.15) is 0 Å². The molecule has 1 saturated heterocycles. The van der Waals surface area contributed by atoms with E-state index in [0.717, 1.165) is 6.61 Å². The second-order valence-corrected chi connectivity index (χ2v) is 5.87. The van der Waals surface area contributed by atoms with Gasteiger partial charge in [-0.1, -0.05) is 0 Å². The van der Waals surface area contributed by atoms with Crippen molar-refractivity contribution in [3.63, 3.8) is 0 Å². The third-order valence-electron chi connectivity index (χ3n) is 2.19. The Morgan fingerprint density at radius 2 is 1.61 bits per heavy atom. The molecule has 0 N–H and O–H groups in total. The van der Waals surface area contributed by atoms with Crippen molar-refractivity contribution in [2.45, 2.75) is 40.1 Å². The average Bonchev–Trinajstić information content (AvgIpc) is 3.11. The molecule has 0 aromatic carbocycles. The summed E-state index contributed by atoms with van der Waals surface area (Å²) >= 11 is 0. The Hall–Kier alpha value is -0.0231. The van der Waals surface area contributed by atoms with Crippen molar-refractivity contribution in [1.29, 1.82) is 0 Å². The zero-order valence-electron chi connectivity index (χ0n) is 11.6. The normalized spacial score (nSPS) is 21.0. The van der Waals surface area contributed by atoms with Gasteiger partial charge in [-0.25, -0.2) is 0 Å². The van der Waals surface area contributed by atoms with Gasteiger partial charge in [0.1, 0.15) is 6.10 Å². The molecule has 0 bridgehead atoms. The van der Waals surface area contributed by atoms with Crippen LogP contribution in [0, 0.1) is 0 Å². The first-order valence-electron chi connectivity index (χ1n) is 6.48. The van der Waals surface area contributed by atoms with Gasteiger partial charge in [0.25, 0.3) is 0 Å². The predicted octanol–water partition coefficient (Wildman–Crippen LogP) is 1.31. The quantitative estimate of drug-likeness (QED) is 0.323.